The molecule has 0 aromatic heterocycles. The molecule has 0 spiro atoms. The van der Waals surface area contributed by atoms with Crippen molar-refractivity contribution >= 4 is 6.72 Å². The zero-order chi connectivity index (χ0) is 9.97. The first-order valence-corrected chi connectivity index (χ1v) is 5.57. The molecule has 0 bridgehead atoms. The summed E-state index contributed by atoms with van der Waals surface area (Å²) in [5, 5.41) is 3.50. The summed E-state index contributed by atoms with van der Waals surface area (Å²) in [5.41, 5.74) is 0. The number of alkyl halides is 1. The summed E-state index contributed by atoms with van der Waals surface area (Å²) < 4.78 is 13.3. The van der Waals surface area contributed by atoms with Gasteiger partial charge < -0.3 is 4.84 Å². The van der Waals surface area contributed by atoms with E-state index >= 15 is 0 Å². The normalized spacial score (nSPS) is 42.6. The first kappa shape index (κ1) is 9.94. The van der Waals surface area contributed by atoms with Gasteiger partial charge in [0.1, 0.15) is 12.3 Å². The van der Waals surface area contributed by atoms with E-state index < -0.39 is 6.17 Å². The van der Waals surface area contributed by atoms with Crippen LogP contribution in [0.15, 0.2) is 5.16 Å². The lowest BCUT2D eigenvalue weighted by Gasteiger charge is -2.40. The Morgan fingerprint density at radius 1 is 1.21 bits per heavy atom. The fraction of sp³-hybridized carbons (Fsp3) is 0.909. The quantitative estimate of drug-likeness (QED) is 0.495. The fourth-order valence-corrected chi connectivity index (χ4v) is 3.05. The molecule has 0 N–H and O–H groups in total. The van der Waals surface area contributed by atoms with Gasteiger partial charge in [-0.1, -0.05) is 0 Å². The molecule has 0 radical (unpaired) electrons. The Bertz CT molecular complexity index is 209. The van der Waals surface area contributed by atoms with Gasteiger partial charge in [0, 0.05) is 12.6 Å². The first-order chi connectivity index (χ1) is 6.81. The zero-order valence-electron chi connectivity index (χ0n) is 8.49. The molecule has 4 atom stereocenters. The van der Waals surface area contributed by atoms with E-state index in [-0.39, 0.29) is 6.10 Å². The molecule has 0 heterocycles. The first-order valence-electron chi connectivity index (χ1n) is 5.57. The molecule has 0 aliphatic heterocycles. The second kappa shape index (κ2) is 4.28. The van der Waals surface area contributed by atoms with Crippen LogP contribution in [0.2, 0.25) is 0 Å². The summed E-state index contributed by atoms with van der Waals surface area (Å²) in [7, 11) is 0. The van der Waals surface area contributed by atoms with Crippen LogP contribution in [-0.2, 0) is 4.84 Å². The van der Waals surface area contributed by atoms with Crippen LogP contribution in [-0.4, -0.2) is 19.0 Å². The SMILES string of the molecule is C=NOC1CCCC2CCC(F)CC21. The second-order valence-electron chi connectivity index (χ2n) is 4.54. The van der Waals surface area contributed by atoms with E-state index in [2.05, 4.69) is 11.9 Å². The molecule has 2 fully saturated rings. The number of hydrogen-bond donors (Lipinski definition) is 0. The van der Waals surface area contributed by atoms with Gasteiger partial charge in [-0.2, -0.15) is 0 Å². The summed E-state index contributed by atoms with van der Waals surface area (Å²) >= 11 is 0. The van der Waals surface area contributed by atoms with Gasteiger partial charge in [0.2, 0.25) is 0 Å². The molecule has 2 nitrogen and oxygen atoms in total. The molecule has 4 unspecified atom stereocenters. The maximum Gasteiger partial charge on any atom is 0.130 e. The van der Waals surface area contributed by atoms with E-state index in [1.165, 1.54) is 12.8 Å². The van der Waals surface area contributed by atoms with Gasteiger partial charge in [0.15, 0.2) is 0 Å². The van der Waals surface area contributed by atoms with Crippen LogP contribution in [0.25, 0.3) is 0 Å². The highest BCUT2D eigenvalue weighted by atomic mass is 19.1. The summed E-state index contributed by atoms with van der Waals surface area (Å²) in [6, 6.07) is 0. The van der Waals surface area contributed by atoms with E-state index in [0.29, 0.717) is 18.3 Å². The third-order valence-corrected chi connectivity index (χ3v) is 3.74. The molecule has 2 aliphatic rings. The van der Waals surface area contributed by atoms with Crippen LogP contribution in [0.1, 0.15) is 38.5 Å². The fourth-order valence-electron chi connectivity index (χ4n) is 3.05. The highest BCUT2D eigenvalue weighted by Crippen LogP contribution is 2.42. The number of halogens is 1. The van der Waals surface area contributed by atoms with Crippen molar-refractivity contribution in [3.63, 3.8) is 0 Å². The average molecular weight is 199 g/mol. The van der Waals surface area contributed by atoms with Crippen molar-refractivity contribution in [2.24, 2.45) is 17.0 Å². The molecule has 2 aliphatic carbocycles. The molecule has 0 aromatic carbocycles. The zero-order valence-corrected chi connectivity index (χ0v) is 8.49. The van der Waals surface area contributed by atoms with Crippen molar-refractivity contribution in [2.75, 3.05) is 0 Å². The van der Waals surface area contributed by atoms with Gasteiger partial charge in [-0.25, -0.2) is 4.39 Å². The van der Waals surface area contributed by atoms with Gasteiger partial charge in [-0.15, -0.1) is 5.16 Å². The van der Waals surface area contributed by atoms with Crippen molar-refractivity contribution < 1.29 is 9.23 Å². The van der Waals surface area contributed by atoms with E-state index in [1.807, 2.05) is 0 Å². The smallest absolute Gasteiger partial charge is 0.130 e. The highest BCUT2D eigenvalue weighted by Gasteiger charge is 2.39. The lowest BCUT2D eigenvalue weighted by Crippen LogP contribution is -2.38. The molecule has 0 aromatic rings. The average Bonchev–Trinajstić information content (AvgIpc) is 2.19. The van der Waals surface area contributed by atoms with Crippen LogP contribution in [0.4, 0.5) is 4.39 Å². The van der Waals surface area contributed by atoms with Crippen molar-refractivity contribution in [1.82, 2.24) is 0 Å². The molecule has 80 valence electrons. The van der Waals surface area contributed by atoms with Crippen LogP contribution in [0.5, 0.6) is 0 Å². The Labute approximate surface area is 84.5 Å². The Balaban J connectivity index is 2.00. The predicted molar refractivity (Wildman–Crippen MR) is 54.0 cm³/mol. The third kappa shape index (κ3) is 1.91. The Hall–Kier alpha value is -0.600. The van der Waals surface area contributed by atoms with Crippen LogP contribution >= 0.6 is 0 Å². The summed E-state index contributed by atoms with van der Waals surface area (Å²) in [5.74, 6) is 1.06. The number of hydrogen-bond acceptors (Lipinski definition) is 2. The third-order valence-electron chi connectivity index (χ3n) is 3.74. The van der Waals surface area contributed by atoms with Gasteiger partial charge in [-0.05, 0) is 44.4 Å². The molecule has 2 rings (SSSR count). The lowest BCUT2D eigenvalue weighted by molar-refractivity contribution is -0.0564. The van der Waals surface area contributed by atoms with Crippen LogP contribution in [0.3, 0.4) is 0 Å². The number of nitrogens with zero attached hydrogens (tertiary/aromatic N) is 1. The monoisotopic (exact) mass is 199 g/mol. The maximum atomic E-state index is 13.3. The molecule has 2 saturated carbocycles. The van der Waals surface area contributed by atoms with Gasteiger partial charge in [0.25, 0.3) is 0 Å². The van der Waals surface area contributed by atoms with E-state index in [1.54, 1.807) is 0 Å². The van der Waals surface area contributed by atoms with Gasteiger partial charge >= 0.3 is 0 Å². The molecular weight excluding hydrogens is 181 g/mol. The summed E-state index contributed by atoms with van der Waals surface area (Å²) in [4.78, 5) is 5.25. The van der Waals surface area contributed by atoms with Crippen LogP contribution < -0.4 is 0 Å². The predicted octanol–water partition coefficient (Wildman–Crippen LogP) is 2.93. The van der Waals surface area contributed by atoms with Crippen molar-refractivity contribution in [1.29, 1.82) is 0 Å². The lowest BCUT2D eigenvalue weighted by atomic mass is 9.69. The van der Waals surface area contributed by atoms with Crippen molar-refractivity contribution in [3.8, 4) is 0 Å². The maximum absolute atomic E-state index is 13.3. The molecule has 0 saturated heterocycles. The number of oxime groups is 1. The Morgan fingerprint density at radius 3 is 2.86 bits per heavy atom. The molecule has 0 amide bonds. The minimum atomic E-state index is -0.620. The Morgan fingerprint density at radius 2 is 2.07 bits per heavy atom. The van der Waals surface area contributed by atoms with Gasteiger partial charge in [-0.3, -0.25) is 0 Å². The number of fused-ring (bicyclic) bond motifs is 1. The number of rotatable bonds is 2. The van der Waals surface area contributed by atoms with E-state index in [0.717, 1.165) is 19.3 Å². The van der Waals surface area contributed by atoms with E-state index in [9.17, 15) is 4.39 Å². The van der Waals surface area contributed by atoms with Crippen molar-refractivity contribution in [3.05, 3.63) is 0 Å². The summed E-state index contributed by atoms with van der Waals surface area (Å²) in [6.45, 7) is 3.35. The Kier molecular flexibility index (Phi) is 3.04. The topological polar surface area (TPSA) is 21.6 Å². The minimum absolute atomic E-state index is 0.129. The molecule has 14 heavy (non-hydrogen) atoms. The largest absolute Gasteiger partial charge is 0.393 e. The molecular formula is C11H18FNO. The minimum Gasteiger partial charge on any atom is -0.393 e. The standard InChI is InChI=1S/C11H18FNO/c1-13-14-11-4-2-3-8-5-6-9(12)7-10(8)11/h8-11H,1-7H2. The van der Waals surface area contributed by atoms with Crippen LogP contribution in [0, 0.1) is 11.8 Å². The highest BCUT2D eigenvalue weighted by molar-refractivity contribution is 5.21. The van der Waals surface area contributed by atoms with E-state index in [4.69, 9.17) is 4.84 Å². The second-order valence-corrected chi connectivity index (χ2v) is 4.54. The van der Waals surface area contributed by atoms with Crippen molar-refractivity contribution in [2.45, 2.75) is 50.8 Å². The summed E-state index contributed by atoms with van der Waals surface area (Å²) in [6.07, 6.45) is 5.41. The molecule has 3 heteroatoms. The van der Waals surface area contributed by atoms with Gasteiger partial charge in [0.05, 0.1) is 0 Å².